The van der Waals surface area contributed by atoms with Gasteiger partial charge in [-0.15, -0.1) is 5.10 Å². The normalized spacial score (nSPS) is 11.9. The number of rotatable bonds is 3. The lowest BCUT2D eigenvalue weighted by Crippen LogP contribution is -2.24. The molecular weight excluding hydrogens is 176 g/mol. The van der Waals surface area contributed by atoms with Crippen molar-refractivity contribution >= 4 is 6.20 Å². The fraction of sp³-hybridized carbons (Fsp3) is 0.400. The molecule has 1 rings (SSSR count). The van der Waals surface area contributed by atoms with E-state index < -0.39 is 0 Å². The molecule has 1 aromatic rings. The van der Waals surface area contributed by atoms with Gasteiger partial charge in [-0.1, -0.05) is 20.4 Å². The second-order valence-corrected chi connectivity index (χ2v) is 3.23. The highest BCUT2D eigenvalue weighted by Gasteiger charge is 2.00. The topological polar surface area (TPSA) is 42.2 Å². The maximum Gasteiger partial charge on any atom is 0.250 e. The molecule has 0 atom stereocenters. The van der Waals surface area contributed by atoms with Crippen molar-refractivity contribution in [2.24, 2.45) is 5.10 Å². The highest BCUT2D eigenvalue weighted by atomic mass is 15.3. The molecule has 76 valence electrons. The molecule has 0 saturated heterocycles. The Bertz CT molecular complexity index is 376. The molecule has 14 heavy (non-hydrogen) atoms. The smallest absolute Gasteiger partial charge is 0.250 e. The zero-order valence-electron chi connectivity index (χ0n) is 8.86. The molecule has 4 nitrogen and oxygen atoms in total. The molecule has 1 heterocycles. The van der Waals surface area contributed by atoms with Crippen LogP contribution in [0, 0.1) is 0 Å². The van der Waals surface area contributed by atoms with Crippen LogP contribution in [-0.4, -0.2) is 16.6 Å². The Morgan fingerprint density at radius 1 is 1.64 bits per heavy atom. The Kier molecular flexibility index (Phi) is 3.45. The predicted molar refractivity (Wildman–Crippen MR) is 57.3 cm³/mol. The summed E-state index contributed by atoms with van der Waals surface area (Å²) < 4.78 is 1.77. The van der Waals surface area contributed by atoms with Crippen molar-refractivity contribution in [2.75, 3.05) is 7.05 Å². The van der Waals surface area contributed by atoms with Crippen LogP contribution in [0.4, 0.5) is 0 Å². The van der Waals surface area contributed by atoms with Gasteiger partial charge in [-0.25, -0.2) is 4.98 Å². The van der Waals surface area contributed by atoms with Crippen LogP contribution in [0.1, 0.15) is 25.5 Å². The van der Waals surface area contributed by atoms with Crippen LogP contribution in [0.2, 0.25) is 0 Å². The molecule has 0 saturated carbocycles. The van der Waals surface area contributed by atoms with Gasteiger partial charge in [0.2, 0.25) is 0 Å². The van der Waals surface area contributed by atoms with Crippen molar-refractivity contribution in [1.82, 2.24) is 15.0 Å². The molecule has 0 aromatic carbocycles. The van der Waals surface area contributed by atoms with Gasteiger partial charge in [-0.2, -0.15) is 0 Å². The first-order valence-corrected chi connectivity index (χ1v) is 4.61. The molecule has 0 radical (unpaired) electrons. The zero-order chi connectivity index (χ0) is 10.6. The van der Waals surface area contributed by atoms with Gasteiger partial charge in [0.05, 0.1) is 0 Å². The van der Waals surface area contributed by atoms with Crippen molar-refractivity contribution in [3.05, 3.63) is 30.2 Å². The molecule has 0 aliphatic heterocycles. The van der Waals surface area contributed by atoms with Crippen LogP contribution in [0.5, 0.6) is 0 Å². The average molecular weight is 192 g/mol. The Morgan fingerprint density at radius 2 is 2.36 bits per heavy atom. The van der Waals surface area contributed by atoms with E-state index in [1.165, 1.54) is 0 Å². The Balaban J connectivity index is 3.28. The van der Waals surface area contributed by atoms with E-state index in [0.717, 1.165) is 5.69 Å². The third kappa shape index (κ3) is 2.22. The second-order valence-electron chi connectivity index (χ2n) is 3.23. The number of nitrogens with one attached hydrogen (secondary N) is 1. The van der Waals surface area contributed by atoms with E-state index in [0.29, 0.717) is 11.5 Å². The van der Waals surface area contributed by atoms with Gasteiger partial charge in [0.25, 0.3) is 5.62 Å². The second kappa shape index (κ2) is 4.60. The van der Waals surface area contributed by atoms with E-state index in [4.69, 9.17) is 0 Å². The summed E-state index contributed by atoms with van der Waals surface area (Å²) >= 11 is 0. The summed E-state index contributed by atoms with van der Waals surface area (Å²) in [6.45, 7) is 7.89. The van der Waals surface area contributed by atoms with Crippen molar-refractivity contribution in [2.45, 2.75) is 19.8 Å². The van der Waals surface area contributed by atoms with Crippen LogP contribution in [0.25, 0.3) is 6.20 Å². The largest absolute Gasteiger partial charge is 0.310 e. The molecule has 0 unspecified atom stereocenters. The van der Waals surface area contributed by atoms with E-state index in [1.54, 1.807) is 17.8 Å². The summed E-state index contributed by atoms with van der Waals surface area (Å²) in [4.78, 5) is 4.40. The minimum atomic E-state index is 0.403. The standard InChI is InChI=1S/C10H16N4/c1-5-14-7-6-9(8(2)3)12-10(14)13-11-4/h5-8,11H,1H2,2-4H3/b13-10-. The summed E-state index contributed by atoms with van der Waals surface area (Å²) in [6, 6.07) is 1.97. The maximum atomic E-state index is 4.40. The van der Waals surface area contributed by atoms with Crippen LogP contribution in [0.15, 0.2) is 23.9 Å². The summed E-state index contributed by atoms with van der Waals surface area (Å²) in [5.74, 6) is 0.403. The van der Waals surface area contributed by atoms with Crippen LogP contribution < -0.4 is 11.0 Å². The molecule has 1 N–H and O–H groups in total. The Labute approximate surface area is 84.0 Å². The molecule has 4 heteroatoms. The monoisotopic (exact) mass is 192 g/mol. The van der Waals surface area contributed by atoms with Gasteiger partial charge >= 0.3 is 0 Å². The molecular formula is C10H16N4. The van der Waals surface area contributed by atoms with E-state index in [9.17, 15) is 0 Å². The van der Waals surface area contributed by atoms with Crippen molar-refractivity contribution in [3.63, 3.8) is 0 Å². The lowest BCUT2D eigenvalue weighted by Gasteiger charge is -2.06. The fourth-order valence-corrected chi connectivity index (χ4v) is 1.08. The highest BCUT2D eigenvalue weighted by Crippen LogP contribution is 2.07. The summed E-state index contributed by atoms with van der Waals surface area (Å²) in [5.41, 5.74) is 4.36. The average Bonchev–Trinajstić information content (AvgIpc) is 2.18. The van der Waals surface area contributed by atoms with Gasteiger partial charge in [-0.05, 0) is 12.0 Å². The van der Waals surface area contributed by atoms with Gasteiger partial charge in [0, 0.05) is 25.1 Å². The molecule has 1 aromatic heterocycles. The minimum absolute atomic E-state index is 0.403. The Hall–Kier alpha value is -1.58. The fourth-order valence-electron chi connectivity index (χ4n) is 1.08. The lowest BCUT2D eigenvalue weighted by atomic mass is 10.1. The number of hydrogen-bond acceptors (Lipinski definition) is 3. The van der Waals surface area contributed by atoms with E-state index >= 15 is 0 Å². The van der Waals surface area contributed by atoms with E-state index in [1.807, 2.05) is 12.3 Å². The first kappa shape index (κ1) is 10.5. The summed E-state index contributed by atoms with van der Waals surface area (Å²) in [6.07, 6.45) is 3.58. The van der Waals surface area contributed by atoms with Crippen molar-refractivity contribution < 1.29 is 0 Å². The summed E-state index contributed by atoms with van der Waals surface area (Å²) in [5, 5.41) is 4.05. The minimum Gasteiger partial charge on any atom is -0.310 e. The predicted octanol–water partition coefficient (Wildman–Crippen LogP) is 1.14. The molecule has 0 fully saturated rings. The van der Waals surface area contributed by atoms with Crippen molar-refractivity contribution in [3.8, 4) is 0 Å². The van der Waals surface area contributed by atoms with E-state index in [2.05, 4.69) is 35.9 Å². The van der Waals surface area contributed by atoms with Gasteiger partial charge in [0.15, 0.2) is 0 Å². The third-order valence-corrected chi connectivity index (χ3v) is 1.87. The Morgan fingerprint density at radius 3 is 2.86 bits per heavy atom. The molecule has 0 amide bonds. The van der Waals surface area contributed by atoms with Gasteiger partial charge in [0.1, 0.15) is 0 Å². The van der Waals surface area contributed by atoms with Crippen molar-refractivity contribution in [1.29, 1.82) is 0 Å². The molecule has 0 aliphatic rings. The zero-order valence-corrected chi connectivity index (χ0v) is 8.86. The van der Waals surface area contributed by atoms with Gasteiger partial charge < -0.3 is 5.43 Å². The third-order valence-electron chi connectivity index (χ3n) is 1.87. The summed E-state index contributed by atoms with van der Waals surface area (Å²) in [7, 11) is 1.75. The van der Waals surface area contributed by atoms with Crippen LogP contribution >= 0.6 is 0 Å². The molecule has 0 bridgehead atoms. The quantitative estimate of drug-likeness (QED) is 0.730. The van der Waals surface area contributed by atoms with E-state index in [-0.39, 0.29) is 0 Å². The first-order valence-electron chi connectivity index (χ1n) is 4.61. The van der Waals surface area contributed by atoms with Crippen LogP contribution in [0.3, 0.4) is 0 Å². The molecule has 0 aliphatic carbocycles. The number of nitrogens with zero attached hydrogens (tertiary/aromatic N) is 3. The van der Waals surface area contributed by atoms with Gasteiger partial charge in [-0.3, -0.25) is 4.57 Å². The molecule has 0 spiro atoms. The first-order chi connectivity index (χ1) is 6.69. The number of aromatic nitrogens is 2. The lowest BCUT2D eigenvalue weighted by molar-refractivity contribution is 0.731. The number of hydrogen-bond donors (Lipinski definition) is 1. The van der Waals surface area contributed by atoms with Crippen LogP contribution in [-0.2, 0) is 0 Å². The maximum absolute atomic E-state index is 4.40. The highest BCUT2D eigenvalue weighted by molar-refractivity contribution is 5.17. The SMILES string of the molecule is C=Cn1ccc(C(C)C)n/c1=N/NC.